The summed E-state index contributed by atoms with van der Waals surface area (Å²) in [6.45, 7) is 6.84. The minimum Gasteiger partial charge on any atom is -0.756 e. The van der Waals surface area contributed by atoms with Gasteiger partial charge in [-0.2, -0.15) is 0 Å². The lowest BCUT2D eigenvalue weighted by Gasteiger charge is -2.30. The second-order valence-corrected chi connectivity index (χ2v) is 25.4. The van der Waals surface area contributed by atoms with Gasteiger partial charge < -0.3 is 28.5 Å². The van der Waals surface area contributed by atoms with Gasteiger partial charge in [0.2, 0.25) is 5.91 Å². The van der Waals surface area contributed by atoms with Gasteiger partial charge in [-0.15, -0.1) is 0 Å². The van der Waals surface area contributed by atoms with Crippen molar-refractivity contribution in [3.8, 4) is 0 Å². The summed E-state index contributed by atoms with van der Waals surface area (Å²) in [5, 5.41) is 3.03. The minimum atomic E-state index is -4.70. The zero-order valence-electron chi connectivity index (χ0n) is 52.4. The number of unbranched alkanes of at least 4 members (excludes halogenated alkanes) is 39. The van der Waals surface area contributed by atoms with Crippen molar-refractivity contribution in [1.82, 2.24) is 5.32 Å². The Balaban J connectivity index is 5.10. The number of amides is 1. The Labute approximate surface area is 484 Å². The summed E-state index contributed by atoms with van der Waals surface area (Å²) in [6.07, 6.45) is 72.3. The van der Waals surface area contributed by atoms with E-state index in [0.29, 0.717) is 17.4 Å². The Bertz CT molecular complexity index is 1470. The molecule has 0 aliphatic heterocycles. The van der Waals surface area contributed by atoms with Crippen LogP contribution in [0.4, 0.5) is 0 Å². The van der Waals surface area contributed by atoms with Crippen LogP contribution in [-0.4, -0.2) is 69.4 Å². The molecule has 0 fully saturated rings. The quantitative estimate of drug-likeness (QED) is 0.0212. The fraction of sp³-hybridized carbons (Fsp3) is 0.853. The number of hydrogen-bond donors (Lipinski definition) is 1. The van der Waals surface area contributed by atoms with Crippen molar-refractivity contribution in [3.05, 3.63) is 48.6 Å². The van der Waals surface area contributed by atoms with E-state index in [1.165, 1.54) is 212 Å². The summed E-state index contributed by atoms with van der Waals surface area (Å²) in [7, 11) is 1.19. The third-order valence-electron chi connectivity index (χ3n) is 15.0. The lowest BCUT2D eigenvalue weighted by molar-refractivity contribution is -0.870. The molecule has 3 atom stereocenters. The Hall–Kier alpha value is -2.03. The van der Waals surface area contributed by atoms with E-state index in [1.54, 1.807) is 0 Å². The van der Waals surface area contributed by atoms with Crippen LogP contribution >= 0.6 is 7.82 Å². The number of ether oxygens (including phenoxy) is 1. The zero-order valence-corrected chi connectivity index (χ0v) is 53.3. The van der Waals surface area contributed by atoms with E-state index in [0.717, 1.165) is 77.0 Å². The number of carbonyl (C=O) groups excluding carboxylic acids is 2. The molecule has 0 heterocycles. The second kappa shape index (κ2) is 58.2. The average molecular weight is 1120 g/mol. The maximum Gasteiger partial charge on any atom is 0.306 e. The van der Waals surface area contributed by atoms with Crippen molar-refractivity contribution in [2.24, 2.45) is 0 Å². The number of hydrogen-bond acceptors (Lipinski definition) is 7. The van der Waals surface area contributed by atoms with Gasteiger partial charge in [0, 0.05) is 12.8 Å². The number of allylic oxidation sites excluding steroid dienone is 7. The van der Waals surface area contributed by atoms with Gasteiger partial charge in [-0.05, 0) is 89.5 Å². The molecule has 458 valence electrons. The molecule has 0 aliphatic rings. The van der Waals surface area contributed by atoms with Gasteiger partial charge in [0.15, 0.2) is 0 Å². The first-order valence-electron chi connectivity index (χ1n) is 33.4. The molecule has 9 nitrogen and oxygen atoms in total. The molecule has 0 saturated carbocycles. The van der Waals surface area contributed by atoms with Crippen molar-refractivity contribution < 1.29 is 37.3 Å². The largest absolute Gasteiger partial charge is 0.756 e. The highest BCUT2D eigenvalue weighted by Crippen LogP contribution is 2.38. The number of carbonyl (C=O) groups is 2. The molecule has 0 aliphatic carbocycles. The number of nitrogens with one attached hydrogen (secondary N) is 1. The monoisotopic (exact) mass is 1120 g/mol. The topological polar surface area (TPSA) is 114 Å². The first kappa shape index (κ1) is 76.0. The highest BCUT2D eigenvalue weighted by Gasteiger charge is 2.27. The van der Waals surface area contributed by atoms with Crippen LogP contribution in [0, 0.1) is 0 Å². The predicted molar refractivity (Wildman–Crippen MR) is 335 cm³/mol. The summed E-state index contributed by atoms with van der Waals surface area (Å²) in [5.41, 5.74) is 0. The summed E-state index contributed by atoms with van der Waals surface area (Å²) < 4.78 is 30.4. The molecule has 0 aromatic heterocycles. The summed E-state index contributed by atoms with van der Waals surface area (Å²) >= 11 is 0. The Morgan fingerprint density at radius 3 is 1.21 bits per heavy atom. The van der Waals surface area contributed by atoms with Gasteiger partial charge in [-0.1, -0.05) is 269 Å². The number of likely N-dealkylation sites (N-methyl/N-ethyl adjacent to an activating group) is 1. The van der Waals surface area contributed by atoms with Crippen molar-refractivity contribution in [1.29, 1.82) is 0 Å². The third-order valence-corrected chi connectivity index (χ3v) is 15.9. The van der Waals surface area contributed by atoms with E-state index in [9.17, 15) is 19.0 Å². The highest BCUT2D eigenvalue weighted by atomic mass is 31.2. The van der Waals surface area contributed by atoms with Crippen LogP contribution in [0.2, 0.25) is 0 Å². The van der Waals surface area contributed by atoms with Crippen LogP contribution in [0.3, 0.4) is 0 Å². The van der Waals surface area contributed by atoms with Crippen LogP contribution in [0.15, 0.2) is 48.6 Å². The van der Waals surface area contributed by atoms with Crippen LogP contribution in [0.25, 0.3) is 0 Å². The molecule has 0 radical (unpaired) electrons. The smallest absolute Gasteiger partial charge is 0.306 e. The number of quaternary nitrogens is 1. The molecular weight excluding hydrogens is 988 g/mol. The normalized spacial score (nSPS) is 13.9. The number of rotatable bonds is 61. The van der Waals surface area contributed by atoms with Crippen LogP contribution in [0.5, 0.6) is 0 Å². The number of phosphoric acid groups is 1. The molecule has 78 heavy (non-hydrogen) atoms. The van der Waals surface area contributed by atoms with Gasteiger partial charge in [0.05, 0.1) is 33.8 Å². The molecule has 0 spiro atoms. The minimum absolute atomic E-state index is 0.0237. The first-order chi connectivity index (χ1) is 37.9. The average Bonchev–Trinajstić information content (AvgIpc) is 3.40. The lowest BCUT2D eigenvalue weighted by Crippen LogP contribution is -2.47. The molecule has 0 aromatic carbocycles. The van der Waals surface area contributed by atoms with Gasteiger partial charge in [-0.3, -0.25) is 14.2 Å². The van der Waals surface area contributed by atoms with E-state index in [1.807, 2.05) is 33.3 Å². The van der Waals surface area contributed by atoms with Crippen LogP contribution in [0.1, 0.15) is 323 Å². The van der Waals surface area contributed by atoms with Crippen molar-refractivity contribution in [2.75, 3.05) is 40.9 Å². The maximum atomic E-state index is 13.5. The predicted octanol–water partition coefficient (Wildman–Crippen LogP) is 20.2. The first-order valence-corrected chi connectivity index (χ1v) is 34.9. The fourth-order valence-electron chi connectivity index (χ4n) is 9.78. The molecule has 1 N–H and O–H groups in total. The van der Waals surface area contributed by atoms with Gasteiger partial charge in [0.1, 0.15) is 19.3 Å². The Morgan fingerprint density at radius 1 is 0.449 bits per heavy atom. The summed E-state index contributed by atoms with van der Waals surface area (Å²) in [4.78, 5) is 40.0. The van der Waals surface area contributed by atoms with Crippen molar-refractivity contribution >= 4 is 19.7 Å². The highest BCUT2D eigenvalue weighted by molar-refractivity contribution is 7.45. The summed E-state index contributed by atoms with van der Waals surface area (Å²) in [6, 6.07) is -0.894. The van der Waals surface area contributed by atoms with E-state index < -0.39 is 26.6 Å². The van der Waals surface area contributed by atoms with Crippen molar-refractivity contribution in [2.45, 2.75) is 335 Å². The standard InChI is InChI=1S/C68H129N2O7P/c1-7-10-13-16-19-22-25-28-30-31-32-33-34-35-36-37-38-39-40-43-46-49-52-55-58-61-68(72)77-66(59-56-53-50-47-44-41-27-24-21-18-15-12-9-3)65(64-76-78(73,74)75-63-62-70(4,5)6)69-67(71)60-57-54-51-48-45-42-29-26-23-20-17-14-11-8-2/h19,22,28,30,42,45,56,59,65-66H,7-18,20-21,23-27,29,31-41,43-44,46-55,57-58,60-64H2,1-6H3,(H-,69,71,73,74)/b22-19-,30-28-,45-42-,59-56-. The molecule has 0 rings (SSSR count). The Kier molecular flexibility index (Phi) is 56.7. The summed E-state index contributed by atoms with van der Waals surface area (Å²) in [5.74, 6) is -0.547. The second-order valence-electron chi connectivity index (χ2n) is 24.0. The van der Waals surface area contributed by atoms with E-state index in [-0.39, 0.29) is 24.9 Å². The molecule has 3 unspecified atom stereocenters. The maximum absolute atomic E-state index is 13.5. The van der Waals surface area contributed by atoms with Crippen LogP contribution in [-0.2, 0) is 27.9 Å². The van der Waals surface area contributed by atoms with Gasteiger partial charge in [-0.25, -0.2) is 0 Å². The molecular formula is C68H129N2O7P. The number of esters is 1. The number of phosphoric ester groups is 1. The fourth-order valence-corrected chi connectivity index (χ4v) is 10.5. The molecule has 0 bridgehead atoms. The van der Waals surface area contributed by atoms with Crippen molar-refractivity contribution in [3.63, 3.8) is 0 Å². The number of nitrogens with zero attached hydrogens (tertiary/aromatic N) is 1. The SMILES string of the molecule is CCCCC/C=C\C/C=C\CCCCCCCCCCCCCCCCCC(=O)OC(/C=C\CCCCCCCCCCCCC)C(COP(=O)([O-])OCC[N+](C)(C)C)NC(=O)CCCCC/C=C\CCCCCCCCC. The lowest BCUT2D eigenvalue weighted by atomic mass is 10.0. The van der Waals surface area contributed by atoms with E-state index >= 15 is 0 Å². The molecule has 1 amide bonds. The van der Waals surface area contributed by atoms with Gasteiger partial charge in [0.25, 0.3) is 7.82 Å². The van der Waals surface area contributed by atoms with Gasteiger partial charge >= 0.3 is 5.97 Å². The van der Waals surface area contributed by atoms with E-state index in [4.69, 9.17) is 13.8 Å². The van der Waals surface area contributed by atoms with E-state index in [2.05, 4.69) is 62.5 Å². The molecule has 0 saturated heterocycles. The molecule has 0 aromatic rings. The van der Waals surface area contributed by atoms with Crippen LogP contribution < -0.4 is 10.2 Å². The Morgan fingerprint density at radius 2 is 0.782 bits per heavy atom. The third kappa shape index (κ3) is 58.6. The molecule has 10 heteroatoms. The zero-order chi connectivity index (χ0) is 57.2.